The number of carbonyl (C=O) groups is 1. The summed E-state index contributed by atoms with van der Waals surface area (Å²) in [4.78, 5) is 17.0. The maximum atomic E-state index is 12.9. The van der Waals surface area contributed by atoms with Crippen LogP contribution >= 0.6 is 0 Å². The number of rotatable bonds is 6. The van der Waals surface area contributed by atoms with E-state index in [1.165, 1.54) is 45.0 Å². The predicted octanol–water partition coefficient (Wildman–Crippen LogP) is 2.84. The minimum absolute atomic E-state index is 0.0818. The van der Waals surface area contributed by atoms with Gasteiger partial charge < -0.3 is 9.30 Å². The molecule has 1 aromatic heterocycles. The molecular weight excluding hydrogens is 414 g/mol. The molecule has 0 saturated heterocycles. The molecule has 31 heavy (non-hydrogen) atoms. The molecule has 162 valence electrons. The minimum atomic E-state index is -3.79. The van der Waals surface area contributed by atoms with Crippen molar-refractivity contribution in [1.82, 2.24) is 8.87 Å². The Hall–Kier alpha value is -3.23. The maximum Gasteiger partial charge on any atom is 0.278 e. The van der Waals surface area contributed by atoms with E-state index >= 15 is 0 Å². The van der Waals surface area contributed by atoms with Crippen LogP contribution in [0.5, 0.6) is 5.75 Å². The van der Waals surface area contributed by atoms with Gasteiger partial charge in [0.1, 0.15) is 16.1 Å². The lowest BCUT2D eigenvalue weighted by molar-refractivity contribution is 0.0997. The van der Waals surface area contributed by atoms with Crippen molar-refractivity contribution in [1.29, 1.82) is 0 Å². The molecule has 1 amide bonds. The maximum absolute atomic E-state index is 12.9. The Balaban J connectivity index is 2.01. The summed E-state index contributed by atoms with van der Waals surface area (Å²) in [6, 6.07) is 17.8. The molecule has 2 aromatic carbocycles. The number of nitrogens with zero attached hydrogens (tertiary/aromatic N) is 3. The largest absolute Gasteiger partial charge is 0.495 e. The van der Waals surface area contributed by atoms with Crippen molar-refractivity contribution in [3.05, 3.63) is 89.0 Å². The SMILES string of the molecule is COc1ccc(C(=O)N=c2ccccn2Cc2ccc(C)cc2)cc1S(=O)(=O)N(C)C. The summed E-state index contributed by atoms with van der Waals surface area (Å²) in [5.41, 5.74) is 2.88. The Labute approximate surface area is 182 Å². The summed E-state index contributed by atoms with van der Waals surface area (Å²) >= 11 is 0. The average molecular weight is 440 g/mol. The monoisotopic (exact) mass is 439 g/mol. The molecule has 0 aliphatic heterocycles. The number of sulfonamides is 1. The summed E-state index contributed by atoms with van der Waals surface area (Å²) in [7, 11) is 0.436. The molecule has 0 aliphatic carbocycles. The van der Waals surface area contributed by atoms with Crippen LogP contribution in [0.1, 0.15) is 21.5 Å². The van der Waals surface area contributed by atoms with Gasteiger partial charge in [-0.1, -0.05) is 35.9 Å². The first kappa shape index (κ1) is 22.5. The Kier molecular flexibility index (Phi) is 6.72. The molecule has 0 saturated carbocycles. The van der Waals surface area contributed by atoms with Gasteiger partial charge in [0.05, 0.1) is 7.11 Å². The van der Waals surface area contributed by atoms with Crippen molar-refractivity contribution >= 4 is 15.9 Å². The summed E-state index contributed by atoms with van der Waals surface area (Å²) in [6.07, 6.45) is 1.85. The van der Waals surface area contributed by atoms with Crippen LogP contribution in [-0.2, 0) is 16.6 Å². The smallest absolute Gasteiger partial charge is 0.278 e. The van der Waals surface area contributed by atoms with Crippen LogP contribution in [0.15, 0.2) is 76.7 Å². The van der Waals surface area contributed by atoms with E-state index in [2.05, 4.69) is 4.99 Å². The van der Waals surface area contributed by atoms with Gasteiger partial charge >= 0.3 is 0 Å². The molecule has 3 aromatic rings. The van der Waals surface area contributed by atoms with E-state index in [0.717, 1.165) is 9.87 Å². The highest BCUT2D eigenvalue weighted by molar-refractivity contribution is 7.89. The Bertz CT molecular complexity index is 1260. The number of aromatic nitrogens is 1. The quantitative estimate of drug-likeness (QED) is 0.592. The second-order valence-corrected chi connectivity index (χ2v) is 9.36. The normalized spacial score (nSPS) is 12.2. The molecule has 0 radical (unpaired) electrons. The number of ether oxygens (including phenoxy) is 1. The standard InChI is InChI=1S/C23H25N3O4S/c1-17-8-10-18(11-9-17)16-26-14-6-5-7-22(26)24-23(27)19-12-13-20(30-4)21(15-19)31(28,29)25(2)3/h5-15H,16H2,1-4H3. The molecule has 0 aliphatic rings. The number of carbonyl (C=O) groups excluding carboxylic acids is 1. The lowest BCUT2D eigenvalue weighted by Crippen LogP contribution is -2.24. The molecule has 1 heterocycles. The lowest BCUT2D eigenvalue weighted by atomic mass is 10.1. The first-order valence-electron chi connectivity index (χ1n) is 9.63. The van der Waals surface area contributed by atoms with Crippen molar-refractivity contribution in [2.24, 2.45) is 4.99 Å². The van der Waals surface area contributed by atoms with Crippen molar-refractivity contribution in [3.63, 3.8) is 0 Å². The Morgan fingerprint density at radius 3 is 2.42 bits per heavy atom. The number of pyridine rings is 1. The van der Waals surface area contributed by atoms with Crippen molar-refractivity contribution in [3.8, 4) is 5.75 Å². The van der Waals surface area contributed by atoms with Crippen molar-refractivity contribution < 1.29 is 17.9 Å². The van der Waals surface area contributed by atoms with Crippen LogP contribution in [0.3, 0.4) is 0 Å². The van der Waals surface area contributed by atoms with Crippen LogP contribution < -0.4 is 10.2 Å². The van der Waals surface area contributed by atoms with Crippen LogP contribution in [0.4, 0.5) is 0 Å². The molecule has 0 unspecified atom stereocenters. The van der Waals surface area contributed by atoms with Crippen LogP contribution in [0, 0.1) is 6.92 Å². The summed E-state index contributed by atoms with van der Waals surface area (Å²) in [6.45, 7) is 2.58. The number of amides is 1. The lowest BCUT2D eigenvalue weighted by Gasteiger charge is -2.15. The number of benzene rings is 2. The third kappa shape index (κ3) is 5.10. The second-order valence-electron chi connectivity index (χ2n) is 7.24. The molecule has 0 N–H and O–H groups in total. The van der Waals surface area contributed by atoms with Gasteiger partial charge in [0.25, 0.3) is 5.91 Å². The van der Waals surface area contributed by atoms with E-state index in [-0.39, 0.29) is 16.2 Å². The van der Waals surface area contributed by atoms with E-state index in [4.69, 9.17) is 4.74 Å². The minimum Gasteiger partial charge on any atom is -0.495 e. The number of hydrogen-bond acceptors (Lipinski definition) is 4. The van der Waals surface area contributed by atoms with Crippen molar-refractivity contribution in [2.75, 3.05) is 21.2 Å². The Morgan fingerprint density at radius 1 is 1.06 bits per heavy atom. The van der Waals surface area contributed by atoms with E-state index in [9.17, 15) is 13.2 Å². The first-order valence-corrected chi connectivity index (χ1v) is 11.1. The zero-order chi connectivity index (χ0) is 22.6. The highest BCUT2D eigenvalue weighted by Gasteiger charge is 2.23. The fraction of sp³-hybridized carbons (Fsp3) is 0.217. The summed E-state index contributed by atoms with van der Waals surface area (Å²) < 4.78 is 33.4. The average Bonchev–Trinajstić information content (AvgIpc) is 2.76. The third-order valence-electron chi connectivity index (χ3n) is 4.78. The first-order chi connectivity index (χ1) is 14.7. The zero-order valence-corrected chi connectivity index (χ0v) is 18.8. The van der Waals surface area contributed by atoms with E-state index in [1.807, 2.05) is 48.0 Å². The van der Waals surface area contributed by atoms with Crippen LogP contribution in [-0.4, -0.2) is 44.4 Å². The fourth-order valence-electron chi connectivity index (χ4n) is 2.97. The van der Waals surface area contributed by atoms with Gasteiger partial charge in [-0.2, -0.15) is 4.99 Å². The van der Waals surface area contributed by atoms with Gasteiger partial charge in [-0.05, 0) is 42.8 Å². The van der Waals surface area contributed by atoms with Gasteiger partial charge in [0.2, 0.25) is 10.0 Å². The number of hydrogen-bond donors (Lipinski definition) is 0. The Morgan fingerprint density at radius 2 is 1.77 bits per heavy atom. The highest BCUT2D eigenvalue weighted by atomic mass is 32.2. The van der Waals surface area contributed by atoms with Gasteiger partial charge in [-0.3, -0.25) is 4.79 Å². The molecule has 7 nitrogen and oxygen atoms in total. The third-order valence-corrected chi connectivity index (χ3v) is 6.61. The van der Waals surface area contributed by atoms with E-state index < -0.39 is 15.9 Å². The molecular formula is C23H25N3O4S. The topological polar surface area (TPSA) is 81.0 Å². The molecule has 3 rings (SSSR count). The van der Waals surface area contributed by atoms with Gasteiger partial charge in [0, 0.05) is 32.4 Å². The second kappa shape index (κ2) is 9.28. The molecule has 0 atom stereocenters. The number of methoxy groups -OCH3 is 1. The van der Waals surface area contributed by atoms with Gasteiger partial charge in [-0.15, -0.1) is 0 Å². The van der Waals surface area contributed by atoms with Gasteiger partial charge in [0.15, 0.2) is 0 Å². The molecule has 8 heteroatoms. The highest BCUT2D eigenvalue weighted by Crippen LogP contribution is 2.27. The zero-order valence-electron chi connectivity index (χ0n) is 17.9. The van der Waals surface area contributed by atoms with Gasteiger partial charge in [-0.25, -0.2) is 12.7 Å². The number of aryl methyl sites for hydroxylation is 1. The summed E-state index contributed by atoms with van der Waals surface area (Å²) in [5, 5.41) is 0. The predicted molar refractivity (Wildman–Crippen MR) is 118 cm³/mol. The summed E-state index contributed by atoms with van der Waals surface area (Å²) in [5.74, 6) is -0.374. The molecule has 0 fully saturated rings. The molecule has 0 bridgehead atoms. The van der Waals surface area contributed by atoms with Crippen LogP contribution in [0.2, 0.25) is 0 Å². The van der Waals surface area contributed by atoms with Crippen molar-refractivity contribution in [2.45, 2.75) is 18.4 Å². The van der Waals surface area contributed by atoms with E-state index in [0.29, 0.717) is 12.0 Å². The molecule has 0 spiro atoms. The van der Waals surface area contributed by atoms with Crippen LogP contribution in [0.25, 0.3) is 0 Å². The van der Waals surface area contributed by atoms with E-state index in [1.54, 1.807) is 12.1 Å². The fourth-order valence-corrected chi connectivity index (χ4v) is 4.04.